The van der Waals surface area contributed by atoms with Crippen LogP contribution in [0.2, 0.25) is 5.02 Å². The molecule has 6 heteroatoms. The van der Waals surface area contributed by atoms with Crippen molar-refractivity contribution < 1.29 is 4.39 Å². The van der Waals surface area contributed by atoms with E-state index in [1.165, 1.54) is 4.57 Å². The van der Waals surface area contributed by atoms with Crippen LogP contribution in [0.4, 0.5) is 4.39 Å². The zero-order chi connectivity index (χ0) is 19.1. The van der Waals surface area contributed by atoms with Crippen LogP contribution >= 0.6 is 22.9 Å². The summed E-state index contributed by atoms with van der Waals surface area (Å²) < 4.78 is 16.6. The van der Waals surface area contributed by atoms with Gasteiger partial charge in [0.25, 0.3) is 5.56 Å². The molecule has 1 atom stereocenters. The van der Waals surface area contributed by atoms with Crippen molar-refractivity contribution >= 4 is 34.0 Å². The third kappa shape index (κ3) is 3.29. The average molecular weight is 399 g/mol. The summed E-state index contributed by atoms with van der Waals surface area (Å²) in [7, 11) is 1.70. The molecule has 136 valence electrons. The van der Waals surface area contributed by atoms with Crippen LogP contribution in [-0.2, 0) is 7.05 Å². The van der Waals surface area contributed by atoms with E-state index in [1.807, 2.05) is 19.1 Å². The standard InChI is InChI=1S/C21H16ClFN2OS/c1-12-3-10-18(27-12)15-11-19(26)25(2)17-9-8-16(24-21(15)17)20(23)13-4-6-14(22)7-5-13/h3-11,20H,1-2H3. The summed E-state index contributed by atoms with van der Waals surface area (Å²) in [5.41, 5.74) is 2.70. The third-order valence-electron chi connectivity index (χ3n) is 4.54. The SMILES string of the molecule is Cc1ccc(-c2cc(=O)n(C)c3ccc(C(F)c4ccc(Cl)cc4)nc23)s1. The molecule has 0 saturated heterocycles. The van der Waals surface area contributed by atoms with Crippen LogP contribution in [0.3, 0.4) is 0 Å². The van der Waals surface area contributed by atoms with Crippen LogP contribution in [0.1, 0.15) is 22.3 Å². The van der Waals surface area contributed by atoms with Gasteiger partial charge in [0.05, 0.1) is 16.7 Å². The summed E-state index contributed by atoms with van der Waals surface area (Å²) >= 11 is 7.48. The monoisotopic (exact) mass is 398 g/mol. The van der Waals surface area contributed by atoms with Crippen LogP contribution in [0.25, 0.3) is 21.5 Å². The Morgan fingerprint density at radius 3 is 2.52 bits per heavy atom. The molecule has 3 nitrogen and oxygen atoms in total. The fourth-order valence-corrected chi connectivity index (χ4v) is 4.06. The number of benzene rings is 1. The van der Waals surface area contributed by atoms with Crippen molar-refractivity contribution in [2.45, 2.75) is 13.1 Å². The molecule has 0 amide bonds. The first kappa shape index (κ1) is 17.9. The first-order valence-corrected chi connectivity index (χ1v) is 9.60. The number of pyridine rings is 2. The number of rotatable bonds is 3. The molecule has 0 radical (unpaired) electrons. The molecular weight excluding hydrogens is 383 g/mol. The molecule has 0 N–H and O–H groups in total. The van der Waals surface area contributed by atoms with Gasteiger partial charge in [-0.1, -0.05) is 23.7 Å². The number of thiophene rings is 1. The van der Waals surface area contributed by atoms with Gasteiger partial charge in [0, 0.05) is 33.5 Å². The Morgan fingerprint density at radius 1 is 1.11 bits per heavy atom. The minimum Gasteiger partial charge on any atom is -0.310 e. The van der Waals surface area contributed by atoms with E-state index in [-0.39, 0.29) is 5.56 Å². The van der Waals surface area contributed by atoms with E-state index in [2.05, 4.69) is 4.98 Å². The Bertz CT molecular complexity index is 1200. The zero-order valence-corrected chi connectivity index (χ0v) is 16.3. The van der Waals surface area contributed by atoms with E-state index in [0.29, 0.717) is 27.3 Å². The number of halogens is 2. The summed E-state index contributed by atoms with van der Waals surface area (Å²) in [5, 5.41) is 0.558. The van der Waals surface area contributed by atoms with Crippen molar-refractivity contribution in [1.82, 2.24) is 9.55 Å². The Labute approximate surface area is 164 Å². The van der Waals surface area contributed by atoms with Crippen molar-refractivity contribution in [3.63, 3.8) is 0 Å². The molecule has 0 bridgehead atoms. The van der Waals surface area contributed by atoms with Crippen LogP contribution in [0.5, 0.6) is 0 Å². The lowest BCUT2D eigenvalue weighted by atomic mass is 10.1. The first-order valence-electron chi connectivity index (χ1n) is 8.41. The predicted octanol–water partition coefficient (Wildman–Crippen LogP) is 5.68. The van der Waals surface area contributed by atoms with Gasteiger partial charge in [-0.25, -0.2) is 9.37 Å². The lowest BCUT2D eigenvalue weighted by Crippen LogP contribution is -2.17. The van der Waals surface area contributed by atoms with Crippen LogP contribution in [0, 0.1) is 6.92 Å². The molecular formula is C21H16ClFN2OS. The highest BCUT2D eigenvalue weighted by Crippen LogP contribution is 2.33. The molecule has 0 fully saturated rings. The van der Waals surface area contributed by atoms with Gasteiger partial charge in [0.2, 0.25) is 0 Å². The van der Waals surface area contributed by atoms with Gasteiger partial charge in [-0.15, -0.1) is 11.3 Å². The Hall–Kier alpha value is -2.50. The highest BCUT2D eigenvalue weighted by molar-refractivity contribution is 7.15. The van der Waals surface area contributed by atoms with Crippen molar-refractivity contribution in [2.75, 3.05) is 0 Å². The van der Waals surface area contributed by atoms with Crippen molar-refractivity contribution in [3.8, 4) is 10.4 Å². The molecule has 27 heavy (non-hydrogen) atoms. The highest BCUT2D eigenvalue weighted by Gasteiger charge is 2.18. The summed E-state index contributed by atoms with van der Waals surface area (Å²) in [6.07, 6.45) is -1.37. The minimum atomic E-state index is -1.37. The van der Waals surface area contributed by atoms with Gasteiger partial charge in [-0.05, 0) is 48.9 Å². The van der Waals surface area contributed by atoms with E-state index < -0.39 is 6.17 Å². The number of aromatic nitrogens is 2. The smallest absolute Gasteiger partial charge is 0.251 e. The number of fused-ring (bicyclic) bond motifs is 1. The maximum atomic E-state index is 15.1. The van der Waals surface area contributed by atoms with E-state index in [0.717, 1.165) is 15.3 Å². The predicted molar refractivity (Wildman–Crippen MR) is 109 cm³/mol. The van der Waals surface area contributed by atoms with Gasteiger partial charge in [0.1, 0.15) is 0 Å². The van der Waals surface area contributed by atoms with E-state index in [1.54, 1.807) is 60.8 Å². The number of alkyl halides is 1. The normalized spacial score (nSPS) is 12.4. The molecule has 0 aliphatic carbocycles. The second-order valence-electron chi connectivity index (χ2n) is 6.38. The van der Waals surface area contributed by atoms with Gasteiger partial charge >= 0.3 is 0 Å². The molecule has 0 saturated carbocycles. The van der Waals surface area contributed by atoms with Crippen molar-refractivity contribution in [3.05, 3.63) is 86.1 Å². The number of hydrogen-bond acceptors (Lipinski definition) is 3. The summed E-state index contributed by atoms with van der Waals surface area (Å²) in [4.78, 5) is 19.0. The second kappa shape index (κ2) is 6.91. The fourth-order valence-electron chi connectivity index (χ4n) is 3.05. The molecule has 0 aliphatic heterocycles. The Balaban J connectivity index is 1.91. The van der Waals surface area contributed by atoms with E-state index in [4.69, 9.17) is 11.6 Å². The lowest BCUT2D eigenvalue weighted by molar-refractivity contribution is 0.394. The molecule has 3 aromatic heterocycles. The molecule has 0 spiro atoms. The molecule has 1 aromatic carbocycles. The van der Waals surface area contributed by atoms with E-state index in [9.17, 15) is 4.79 Å². The first-order chi connectivity index (χ1) is 12.9. The molecule has 1 unspecified atom stereocenters. The van der Waals surface area contributed by atoms with Crippen molar-refractivity contribution in [2.24, 2.45) is 7.05 Å². The summed E-state index contributed by atoms with van der Waals surface area (Å²) in [6, 6.07) is 15.6. The molecule has 4 aromatic rings. The van der Waals surface area contributed by atoms with Gasteiger partial charge in [-0.3, -0.25) is 4.79 Å². The number of nitrogens with zero attached hydrogens (tertiary/aromatic N) is 2. The van der Waals surface area contributed by atoms with Gasteiger partial charge in [0.15, 0.2) is 6.17 Å². The molecule has 4 rings (SSSR count). The van der Waals surface area contributed by atoms with E-state index >= 15 is 4.39 Å². The molecule has 0 aliphatic rings. The lowest BCUT2D eigenvalue weighted by Gasteiger charge is -2.13. The number of hydrogen-bond donors (Lipinski definition) is 0. The molecule has 3 heterocycles. The largest absolute Gasteiger partial charge is 0.310 e. The van der Waals surface area contributed by atoms with Crippen LogP contribution < -0.4 is 5.56 Å². The van der Waals surface area contributed by atoms with Crippen LogP contribution in [-0.4, -0.2) is 9.55 Å². The maximum Gasteiger partial charge on any atom is 0.251 e. The Morgan fingerprint density at radius 2 is 1.85 bits per heavy atom. The fraction of sp³-hybridized carbons (Fsp3) is 0.143. The van der Waals surface area contributed by atoms with Crippen molar-refractivity contribution in [1.29, 1.82) is 0 Å². The van der Waals surface area contributed by atoms with Gasteiger partial charge < -0.3 is 4.57 Å². The zero-order valence-electron chi connectivity index (χ0n) is 14.7. The second-order valence-corrected chi connectivity index (χ2v) is 8.11. The van der Waals surface area contributed by atoms with Crippen LogP contribution in [0.15, 0.2) is 59.4 Å². The highest BCUT2D eigenvalue weighted by atomic mass is 35.5. The third-order valence-corrected chi connectivity index (χ3v) is 5.82. The number of aryl methyl sites for hydroxylation is 2. The summed E-state index contributed by atoms with van der Waals surface area (Å²) in [6.45, 7) is 2.01. The van der Waals surface area contributed by atoms with Gasteiger partial charge in [-0.2, -0.15) is 0 Å². The minimum absolute atomic E-state index is 0.118. The maximum absolute atomic E-state index is 15.1. The summed E-state index contributed by atoms with van der Waals surface area (Å²) in [5.74, 6) is 0. The quantitative estimate of drug-likeness (QED) is 0.444. The average Bonchev–Trinajstić information content (AvgIpc) is 3.10. The Kier molecular flexibility index (Phi) is 4.58. The topological polar surface area (TPSA) is 34.9 Å².